The average molecular weight is 528 g/mol. The molecule has 0 aliphatic carbocycles. The van der Waals surface area contributed by atoms with Crippen LogP contribution in [-0.4, -0.2) is 54.7 Å². The molecule has 0 aliphatic rings. The summed E-state index contributed by atoms with van der Waals surface area (Å²) in [5.41, 5.74) is 1.03. The fourth-order valence-corrected chi connectivity index (χ4v) is 3.26. The van der Waals surface area contributed by atoms with E-state index in [1.807, 2.05) is 30.3 Å². The number of esters is 1. The molecule has 0 aromatic heterocycles. The molecule has 0 heterocycles. The molecule has 10 nitrogen and oxygen atoms in total. The van der Waals surface area contributed by atoms with E-state index < -0.39 is 41.6 Å². The molecule has 0 spiro atoms. The first-order chi connectivity index (χ1) is 18.0. The summed E-state index contributed by atoms with van der Waals surface area (Å²) < 4.78 is 15.9. The normalized spacial score (nSPS) is 12.4. The van der Waals surface area contributed by atoms with Gasteiger partial charge in [0.15, 0.2) is 0 Å². The lowest BCUT2D eigenvalue weighted by Crippen LogP contribution is -2.54. The molecule has 10 heteroatoms. The largest absolute Gasteiger partial charge is 0.489 e. The first-order valence-electron chi connectivity index (χ1n) is 12.5. The van der Waals surface area contributed by atoms with E-state index >= 15 is 0 Å². The van der Waals surface area contributed by atoms with Gasteiger partial charge in [-0.2, -0.15) is 0 Å². The molecule has 0 unspecified atom stereocenters. The van der Waals surface area contributed by atoms with Gasteiger partial charge in [0.05, 0.1) is 6.61 Å². The van der Waals surface area contributed by atoms with Crippen molar-refractivity contribution >= 4 is 23.9 Å². The van der Waals surface area contributed by atoms with Gasteiger partial charge < -0.3 is 30.2 Å². The zero-order chi connectivity index (χ0) is 28.1. The molecule has 38 heavy (non-hydrogen) atoms. The van der Waals surface area contributed by atoms with Crippen LogP contribution < -0.4 is 20.7 Å². The van der Waals surface area contributed by atoms with E-state index in [0.29, 0.717) is 12.4 Å². The predicted octanol–water partition coefficient (Wildman–Crippen LogP) is 2.89. The summed E-state index contributed by atoms with van der Waals surface area (Å²) >= 11 is 0. The third kappa shape index (κ3) is 11.3. The molecule has 2 rings (SSSR count). The van der Waals surface area contributed by atoms with Crippen LogP contribution in [0, 0.1) is 0 Å². The molecule has 0 radical (unpaired) electrons. The van der Waals surface area contributed by atoms with Crippen LogP contribution in [0.25, 0.3) is 0 Å². The van der Waals surface area contributed by atoms with Crippen LogP contribution in [-0.2, 0) is 36.9 Å². The zero-order valence-corrected chi connectivity index (χ0v) is 22.5. The molecular formula is C28H37N3O7. The summed E-state index contributed by atoms with van der Waals surface area (Å²) in [6.45, 7) is 8.57. The number of hydrogen-bond acceptors (Lipinski definition) is 7. The lowest BCUT2D eigenvalue weighted by Gasteiger charge is -2.24. The van der Waals surface area contributed by atoms with Gasteiger partial charge in [-0.1, -0.05) is 42.5 Å². The molecule has 0 fully saturated rings. The molecular weight excluding hydrogens is 490 g/mol. The summed E-state index contributed by atoms with van der Waals surface area (Å²) in [5, 5.41) is 7.57. The van der Waals surface area contributed by atoms with Crippen LogP contribution in [0.5, 0.6) is 5.75 Å². The molecule has 2 atom stereocenters. The van der Waals surface area contributed by atoms with Crippen LogP contribution in [0.1, 0.15) is 45.7 Å². The standard InChI is InChI=1S/C28H37N3O7/c1-6-36-24(32)17-29-25(33)19(2)30-26(34)23(31-27(35)38-28(3,4)5)16-20-12-14-22(15-13-20)37-18-21-10-8-7-9-11-21/h7-15,19,23H,6,16-18H2,1-5H3,(H,29,33)(H,30,34)(H,31,35)/t19-,23-/m1/s1. The monoisotopic (exact) mass is 527 g/mol. The van der Waals surface area contributed by atoms with E-state index in [4.69, 9.17) is 14.2 Å². The molecule has 206 valence electrons. The summed E-state index contributed by atoms with van der Waals surface area (Å²) in [5.74, 6) is -1.08. The number of carbonyl (C=O) groups is 4. The molecule has 3 N–H and O–H groups in total. The highest BCUT2D eigenvalue weighted by Crippen LogP contribution is 2.16. The van der Waals surface area contributed by atoms with Gasteiger partial charge in [0, 0.05) is 6.42 Å². The van der Waals surface area contributed by atoms with Gasteiger partial charge in [0.1, 0.15) is 36.6 Å². The van der Waals surface area contributed by atoms with Gasteiger partial charge in [-0.15, -0.1) is 0 Å². The minimum atomic E-state index is -1.03. The SMILES string of the molecule is CCOC(=O)CNC(=O)[C@@H](C)NC(=O)[C@@H](Cc1ccc(OCc2ccccc2)cc1)NC(=O)OC(C)(C)C. The minimum absolute atomic E-state index is 0.140. The summed E-state index contributed by atoms with van der Waals surface area (Å²) in [7, 11) is 0. The lowest BCUT2D eigenvalue weighted by molar-refractivity contribution is -0.143. The Morgan fingerprint density at radius 3 is 2.13 bits per heavy atom. The van der Waals surface area contributed by atoms with Crippen molar-refractivity contribution in [3.8, 4) is 5.75 Å². The lowest BCUT2D eigenvalue weighted by atomic mass is 10.0. The Hall–Kier alpha value is -4.08. The number of amides is 3. The van der Waals surface area contributed by atoms with Crippen molar-refractivity contribution in [2.75, 3.05) is 13.2 Å². The third-order valence-electron chi connectivity index (χ3n) is 5.08. The topological polar surface area (TPSA) is 132 Å². The quantitative estimate of drug-likeness (QED) is 0.362. The molecule has 0 aliphatic heterocycles. The second-order valence-electron chi connectivity index (χ2n) is 9.57. The fraction of sp³-hybridized carbons (Fsp3) is 0.429. The van der Waals surface area contributed by atoms with Gasteiger partial charge >= 0.3 is 12.1 Å². The van der Waals surface area contributed by atoms with Gasteiger partial charge in [-0.25, -0.2) is 4.79 Å². The Morgan fingerprint density at radius 2 is 1.53 bits per heavy atom. The Labute approximate surface area is 223 Å². The van der Waals surface area contributed by atoms with Gasteiger partial charge in [0.2, 0.25) is 11.8 Å². The Kier molecular flexibility index (Phi) is 11.6. The second kappa shape index (κ2) is 14.6. The Morgan fingerprint density at radius 1 is 0.868 bits per heavy atom. The second-order valence-corrected chi connectivity index (χ2v) is 9.57. The van der Waals surface area contributed by atoms with Gasteiger partial charge in [-0.3, -0.25) is 14.4 Å². The molecule has 2 aromatic carbocycles. The summed E-state index contributed by atoms with van der Waals surface area (Å²) in [4.78, 5) is 49.3. The van der Waals surface area contributed by atoms with Crippen molar-refractivity contribution in [1.29, 1.82) is 0 Å². The number of carbonyl (C=O) groups excluding carboxylic acids is 4. The Balaban J connectivity index is 2.03. The number of alkyl carbamates (subject to hydrolysis) is 1. The van der Waals surface area contributed by atoms with E-state index in [-0.39, 0.29) is 19.6 Å². The molecule has 3 amide bonds. The van der Waals surface area contributed by atoms with Crippen molar-refractivity contribution in [2.45, 2.75) is 65.3 Å². The van der Waals surface area contributed by atoms with E-state index in [9.17, 15) is 19.2 Å². The van der Waals surface area contributed by atoms with E-state index in [1.54, 1.807) is 52.0 Å². The molecule has 2 aromatic rings. The van der Waals surface area contributed by atoms with Crippen molar-refractivity contribution in [3.05, 3.63) is 65.7 Å². The number of ether oxygens (including phenoxy) is 3. The first kappa shape index (κ1) is 30.1. The first-order valence-corrected chi connectivity index (χ1v) is 12.5. The third-order valence-corrected chi connectivity index (χ3v) is 5.08. The van der Waals surface area contributed by atoms with Gasteiger partial charge in [0.25, 0.3) is 0 Å². The zero-order valence-electron chi connectivity index (χ0n) is 22.5. The average Bonchev–Trinajstić information content (AvgIpc) is 2.86. The maximum Gasteiger partial charge on any atom is 0.408 e. The van der Waals surface area contributed by atoms with Crippen molar-refractivity contribution in [1.82, 2.24) is 16.0 Å². The van der Waals surface area contributed by atoms with Crippen LogP contribution >= 0.6 is 0 Å². The van der Waals surface area contributed by atoms with Crippen molar-refractivity contribution in [2.24, 2.45) is 0 Å². The van der Waals surface area contributed by atoms with Crippen LogP contribution in [0.15, 0.2) is 54.6 Å². The van der Waals surface area contributed by atoms with Gasteiger partial charge in [-0.05, 0) is 57.9 Å². The van der Waals surface area contributed by atoms with Crippen molar-refractivity contribution in [3.63, 3.8) is 0 Å². The Bertz CT molecular complexity index is 1070. The van der Waals surface area contributed by atoms with Crippen LogP contribution in [0.3, 0.4) is 0 Å². The highest BCUT2D eigenvalue weighted by molar-refractivity contribution is 5.92. The molecule has 0 bridgehead atoms. The number of hydrogen-bond donors (Lipinski definition) is 3. The van der Waals surface area contributed by atoms with E-state index in [1.165, 1.54) is 6.92 Å². The van der Waals surface area contributed by atoms with E-state index in [2.05, 4.69) is 16.0 Å². The minimum Gasteiger partial charge on any atom is -0.489 e. The summed E-state index contributed by atoms with van der Waals surface area (Å²) in [6, 6.07) is 14.9. The van der Waals surface area contributed by atoms with Crippen LogP contribution in [0.4, 0.5) is 4.79 Å². The maximum atomic E-state index is 13.1. The number of benzene rings is 2. The highest BCUT2D eigenvalue weighted by atomic mass is 16.6. The number of nitrogens with one attached hydrogen (secondary N) is 3. The van der Waals surface area contributed by atoms with Crippen LogP contribution in [0.2, 0.25) is 0 Å². The predicted molar refractivity (Wildman–Crippen MR) is 141 cm³/mol. The molecule has 0 saturated carbocycles. The number of rotatable bonds is 12. The smallest absolute Gasteiger partial charge is 0.408 e. The highest BCUT2D eigenvalue weighted by Gasteiger charge is 2.27. The maximum absolute atomic E-state index is 13.1. The fourth-order valence-electron chi connectivity index (χ4n) is 3.26. The van der Waals surface area contributed by atoms with Crippen molar-refractivity contribution < 1.29 is 33.4 Å². The summed E-state index contributed by atoms with van der Waals surface area (Å²) in [6.07, 6.45) is -0.624. The molecule has 0 saturated heterocycles. The van der Waals surface area contributed by atoms with E-state index in [0.717, 1.165) is 11.1 Å².